The average Bonchev–Trinajstić information content (AvgIpc) is 3.04. The van der Waals surface area contributed by atoms with Crippen molar-refractivity contribution in [1.82, 2.24) is 9.88 Å². The molecule has 2 heterocycles. The molecular formula is C18H24Cl2FN3O2. The molecule has 1 aliphatic rings. The molecule has 8 heteroatoms. The summed E-state index contributed by atoms with van der Waals surface area (Å²) in [5.41, 5.74) is 7.28. The lowest BCUT2D eigenvalue weighted by Crippen LogP contribution is -2.52. The van der Waals surface area contributed by atoms with Crippen LogP contribution in [0.25, 0.3) is 11.5 Å². The Labute approximate surface area is 165 Å². The summed E-state index contributed by atoms with van der Waals surface area (Å²) < 4.78 is 18.4. The maximum Gasteiger partial charge on any atom is 0.229 e. The Morgan fingerprint density at radius 1 is 1.35 bits per heavy atom. The smallest absolute Gasteiger partial charge is 0.229 e. The quantitative estimate of drug-likeness (QED) is 0.846. The van der Waals surface area contributed by atoms with E-state index in [0.29, 0.717) is 17.1 Å². The zero-order valence-electron chi connectivity index (χ0n) is 14.6. The van der Waals surface area contributed by atoms with Gasteiger partial charge in [0.25, 0.3) is 0 Å². The fourth-order valence-corrected chi connectivity index (χ4v) is 3.18. The van der Waals surface area contributed by atoms with Gasteiger partial charge in [0.1, 0.15) is 12.1 Å². The van der Waals surface area contributed by atoms with E-state index >= 15 is 0 Å². The zero-order valence-corrected chi connectivity index (χ0v) is 16.2. The first-order chi connectivity index (χ1) is 11.5. The Bertz CT molecular complexity index is 707. The minimum atomic E-state index is -0.312. The van der Waals surface area contributed by atoms with Crippen molar-refractivity contribution in [2.24, 2.45) is 5.73 Å². The van der Waals surface area contributed by atoms with E-state index < -0.39 is 0 Å². The van der Waals surface area contributed by atoms with Gasteiger partial charge in [-0.25, -0.2) is 9.37 Å². The number of nitrogens with zero attached hydrogens (tertiary/aromatic N) is 2. The maximum atomic E-state index is 13.0. The summed E-state index contributed by atoms with van der Waals surface area (Å²) in [6.45, 7) is 2.69. The summed E-state index contributed by atoms with van der Waals surface area (Å²) in [5.74, 6) is 0.101. The first-order valence-electron chi connectivity index (χ1n) is 8.30. The Morgan fingerprint density at radius 2 is 2.04 bits per heavy atom. The van der Waals surface area contributed by atoms with E-state index in [9.17, 15) is 9.18 Å². The second-order valence-corrected chi connectivity index (χ2v) is 6.34. The molecule has 2 atom stereocenters. The molecule has 2 unspecified atom stereocenters. The van der Waals surface area contributed by atoms with Crippen LogP contribution in [0.15, 0.2) is 34.9 Å². The van der Waals surface area contributed by atoms with Crippen LogP contribution in [-0.4, -0.2) is 34.4 Å². The van der Waals surface area contributed by atoms with Crippen LogP contribution in [0, 0.1) is 5.82 Å². The van der Waals surface area contributed by atoms with Gasteiger partial charge in [-0.15, -0.1) is 24.8 Å². The molecule has 0 saturated carbocycles. The number of carbonyl (C=O) groups is 1. The minimum absolute atomic E-state index is 0. The van der Waals surface area contributed by atoms with Gasteiger partial charge in [-0.05, 0) is 50.5 Å². The number of rotatable bonds is 4. The van der Waals surface area contributed by atoms with Crippen molar-refractivity contribution in [3.63, 3.8) is 0 Å². The predicted molar refractivity (Wildman–Crippen MR) is 103 cm³/mol. The molecule has 2 aromatic rings. The van der Waals surface area contributed by atoms with Crippen molar-refractivity contribution in [2.75, 3.05) is 6.54 Å². The lowest BCUT2D eigenvalue weighted by molar-refractivity contribution is -0.134. The Balaban J connectivity index is 0.00000169. The van der Waals surface area contributed by atoms with Crippen LogP contribution in [0.5, 0.6) is 0 Å². The maximum absolute atomic E-state index is 13.0. The molecule has 2 N–H and O–H groups in total. The molecule has 1 aromatic heterocycles. The van der Waals surface area contributed by atoms with E-state index in [1.165, 1.54) is 18.4 Å². The van der Waals surface area contributed by atoms with Crippen molar-refractivity contribution < 1.29 is 13.6 Å². The van der Waals surface area contributed by atoms with Crippen LogP contribution >= 0.6 is 24.8 Å². The SMILES string of the molecule is CC(N)C1CCCCN1C(=O)Cc1coc(-c2ccc(F)cc2)n1.Cl.Cl. The van der Waals surface area contributed by atoms with Crippen molar-refractivity contribution in [2.45, 2.75) is 44.7 Å². The second kappa shape index (κ2) is 9.90. The number of aromatic nitrogens is 1. The summed E-state index contributed by atoms with van der Waals surface area (Å²) in [6.07, 6.45) is 4.74. The number of nitrogens with two attached hydrogens (primary N) is 1. The fourth-order valence-electron chi connectivity index (χ4n) is 3.18. The van der Waals surface area contributed by atoms with E-state index in [1.807, 2.05) is 11.8 Å². The van der Waals surface area contributed by atoms with Crippen LogP contribution in [0.1, 0.15) is 31.9 Å². The third-order valence-corrected chi connectivity index (χ3v) is 4.45. The molecule has 3 rings (SSSR count). The van der Waals surface area contributed by atoms with Gasteiger partial charge in [0.15, 0.2) is 0 Å². The first kappa shape index (κ1) is 22.4. The summed E-state index contributed by atoms with van der Waals surface area (Å²) in [4.78, 5) is 18.8. The standard InChI is InChI=1S/C18H22FN3O2.2ClH/c1-12(20)16-4-2-3-9-22(16)17(23)10-15-11-24-18(21-15)13-5-7-14(19)8-6-13;;/h5-8,11-12,16H,2-4,9-10,20H2,1H3;2*1H. The van der Waals surface area contributed by atoms with Gasteiger partial charge in [-0.3, -0.25) is 4.79 Å². The number of piperidine rings is 1. The lowest BCUT2D eigenvalue weighted by atomic mass is 9.96. The van der Waals surface area contributed by atoms with Gasteiger partial charge in [0, 0.05) is 24.2 Å². The first-order valence-corrected chi connectivity index (χ1v) is 8.30. The molecule has 0 aliphatic carbocycles. The predicted octanol–water partition coefficient (Wildman–Crippen LogP) is 3.60. The molecule has 1 saturated heterocycles. The molecule has 0 spiro atoms. The highest BCUT2D eigenvalue weighted by atomic mass is 35.5. The second-order valence-electron chi connectivity index (χ2n) is 6.34. The number of carbonyl (C=O) groups excluding carboxylic acids is 1. The van der Waals surface area contributed by atoms with Crippen molar-refractivity contribution in [3.8, 4) is 11.5 Å². The molecule has 26 heavy (non-hydrogen) atoms. The number of hydrogen-bond acceptors (Lipinski definition) is 4. The largest absolute Gasteiger partial charge is 0.444 e. The van der Waals surface area contributed by atoms with Crippen LogP contribution in [-0.2, 0) is 11.2 Å². The molecule has 1 aromatic carbocycles. The topological polar surface area (TPSA) is 72.4 Å². The highest BCUT2D eigenvalue weighted by Gasteiger charge is 2.29. The highest BCUT2D eigenvalue weighted by molar-refractivity contribution is 5.85. The Hall–Kier alpha value is -1.63. The monoisotopic (exact) mass is 403 g/mol. The minimum Gasteiger partial charge on any atom is -0.444 e. The van der Waals surface area contributed by atoms with Crippen molar-refractivity contribution in [1.29, 1.82) is 0 Å². The van der Waals surface area contributed by atoms with E-state index in [1.54, 1.807) is 12.1 Å². The summed E-state index contributed by atoms with van der Waals surface area (Å²) in [7, 11) is 0. The number of halogens is 3. The van der Waals surface area contributed by atoms with Crippen LogP contribution < -0.4 is 5.73 Å². The van der Waals surface area contributed by atoms with Gasteiger partial charge >= 0.3 is 0 Å². The van der Waals surface area contributed by atoms with Gasteiger partial charge in [0.05, 0.1) is 12.1 Å². The van der Waals surface area contributed by atoms with Gasteiger partial charge in [-0.1, -0.05) is 0 Å². The highest BCUT2D eigenvalue weighted by Crippen LogP contribution is 2.22. The van der Waals surface area contributed by atoms with E-state index in [0.717, 1.165) is 25.8 Å². The third kappa shape index (κ3) is 5.19. The van der Waals surface area contributed by atoms with E-state index in [4.69, 9.17) is 10.2 Å². The molecule has 5 nitrogen and oxygen atoms in total. The number of hydrogen-bond donors (Lipinski definition) is 1. The molecular weight excluding hydrogens is 380 g/mol. The number of likely N-dealkylation sites (tertiary alicyclic amines) is 1. The van der Waals surface area contributed by atoms with Crippen LogP contribution in [0.2, 0.25) is 0 Å². The van der Waals surface area contributed by atoms with Crippen LogP contribution in [0.3, 0.4) is 0 Å². The molecule has 0 bridgehead atoms. The van der Waals surface area contributed by atoms with E-state index in [-0.39, 0.29) is 55.0 Å². The molecule has 1 amide bonds. The van der Waals surface area contributed by atoms with Gasteiger partial charge in [0.2, 0.25) is 11.8 Å². The fraction of sp³-hybridized carbons (Fsp3) is 0.444. The zero-order chi connectivity index (χ0) is 17.1. The number of amides is 1. The molecule has 144 valence electrons. The van der Waals surface area contributed by atoms with Crippen molar-refractivity contribution in [3.05, 3.63) is 42.0 Å². The van der Waals surface area contributed by atoms with Gasteiger partial charge in [-0.2, -0.15) is 0 Å². The van der Waals surface area contributed by atoms with E-state index in [2.05, 4.69) is 4.98 Å². The van der Waals surface area contributed by atoms with Gasteiger partial charge < -0.3 is 15.1 Å². The normalized spacial score (nSPS) is 17.8. The number of benzene rings is 1. The summed E-state index contributed by atoms with van der Waals surface area (Å²) >= 11 is 0. The summed E-state index contributed by atoms with van der Waals surface area (Å²) in [6, 6.07) is 5.96. The third-order valence-electron chi connectivity index (χ3n) is 4.45. The van der Waals surface area contributed by atoms with Crippen molar-refractivity contribution >= 4 is 30.7 Å². The Kier molecular flexibility index (Phi) is 8.53. The number of oxazole rings is 1. The molecule has 0 radical (unpaired) electrons. The Morgan fingerprint density at radius 3 is 2.69 bits per heavy atom. The molecule has 1 aliphatic heterocycles. The summed E-state index contributed by atoms with van der Waals surface area (Å²) in [5, 5.41) is 0. The van der Waals surface area contributed by atoms with Crippen LogP contribution in [0.4, 0.5) is 4.39 Å². The lowest BCUT2D eigenvalue weighted by Gasteiger charge is -2.38. The average molecular weight is 404 g/mol. The molecule has 1 fully saturated rings.